The summed E-state index contributed by atoms with van der Waals surface area (Å²) in [6.45, 7) is 3.65. The number of thiazole rings is 1. The highest BCUT2D eigenvalue weighted by Crippen LogP contribution is 2.27. The summed E-state index contributed by atoms with van der Waals surface area (Å²) in [6.07, 6.45) is 2.73. The fourth-order valence-electron chi connectivity index (χ4n) is 2.62. The Hall–Kier alpha value is -2.06. The third-order valence-corrected chi connectivity index (χ3v) is 6.03. The predicted octanol–water partition coefficient (Wildman–Crippen LogP) is 3.10. The van der Waals surface area contributed by atoms with E-state index in [0.717, 1.165) is 30.1 Å². The van der Waals surface area contributed by atoms with E-state index in [4.69, 9.17) is 5.14 Å². The fourth-order valence-corrected chi connectivity index (χ4v) is 4.10. The fraction of sp³-hybridized carbons (Fsp3) is 0.211. The molecule has 0 saturated carbocycles. The minimum absolute atomic E-state index is 0.141. The molecule has 7 heteroatoms. The summed E-state index contributed by atoms with van der Waals surface area (Å²) in [5.74, 6) is 0. The Labute approximate surface area is 158 Å². The van der Waals surface area contributed by atoms with Crippen molar-refractivity contribution < 1.29 is 8.42 Å². The van der Waals surface area contributed by atoms with Gasteiger partial charge in [0.15, 0.2) is 0 Å². The van der Waals surface area contributed by atoms with Crippen molar-refractivity contribution >= 4 is 21.4 Å². The van der Waals surface area contributed by atoms with Crippen LogP contribution >= 0.6 is 11.3 Å². The van der Waals surface area contributed by atoms with Crippen LogP contribution in [0.5, 0.6) is 0 Å². The Morgan fingerprint density at radius 3 is 2.54 bits per heavy atom. The minimum atomic E-state index is -3.63. The van der Waals surface area contributed by atoms with E-state index in [1.165, 1.54) is 16.0 Å². The van der Waals surface area contributed by atoms with Crippen LogP contribution in [-0.4, -0.2) is 19.9 Å². The molecule has 3 aromatic rings. The molecule has 5 nitrogen and oxygen atoms in total. The van der Waals surface area contributed by atoms with E-state index in [0.29, 0.717) is 0 Å². The molecule has 0 amide bonds. The molecule has 3 rings (SSSR count). The second-order valence-corrected chi connectivity index (χ2v) is 8.74. The van der Waals surface area contributed by atoms with Crippen LogP contribution in [0.25, 0.3) is 10.6 Å². The van der Waals surface area contributed by atoms with Crippen LogP contribution in [0, 0.1) is 6.92 Å². The second kappa shape index (κ2) is 8.09. The number of nitrogens with zero attached hydrogens (tertiary/aromatic N) is 1. The smallest absolute Gasteiger partial charge is 0.238 e. The molecular formula is C19H21N3O2S2. The third-order valence-electron chi connectivity index (χ3n) is 4.07. The highest BCUT2D eigenvalue weighted by molar-refractivity contribution is 7.89. The van der Waals surface area contributed by atoms with Gasteiger partial charge in [0, 0.05) is 23.2 Å². The number of rotatable bonds is 7. The summed E-state index contributed by atoms with van der Waals surface area (Å²) in [6, 6.07) is 14.9. The lowest BCUT2D eigenvalue weighted by molar-refractivity contribution is 0.597. The van der Waals surface area contributed by atoms with Gasteiger partial charge in [-0.2, -0.15) is 0 Å². The van der Waals surface area contributed by atoms with Crippen molar-refractivity contribution in [1.82, 2.24) is 10.3 Å². The lowest BCUT2D eigenvalue weighted by Gasteiger charge is -2.04. The van der Waals surface area contributed by atoms with Gasteiger partial charge in [0.25, 0.3) is 0 Å². The molecule has 0 spiro atoms. The van der Waals surface area contributed by atoms with Gasteiger partial charge in [-0.3, -0.25) is 0 Å². The summed E-state index contributed by atoms with van der Waals surface area (Å²) in [4.78, 5) is 5.86. The van der Waals surface area contributed by atoms with Crippen molar-refractivity contribution in [2.75, 3.05) is 6.54 Å². The van der Waals surface area contributed by atoms with Gasteiger partial charge < -0.3 is 5.32 Å². The van der Waals surface area contributed by atoms with Gasteiger partial charge >= 0.3 is 0 Å². The first-order valence-corrected chi connectivity index (χ1v) is 10.6. The Balaban J connectivity index is 1.51. The summed E-state index contributed by atoms with van der Waals surface area (Å²) in [7, 11) is -3.63. The van der Waals surface area contributed by atoms with Crippen LogP contribution in [0.4, 0.5) is 0 Å². The van der Waals surface area contributed by atoms with Crippen LogP contribution in [0.3, 0.4) is 0 Å². The summed E-state index contributed by atoms with van der Waals surface area (Å²) in [5.41, 5.74) is 3.47. The number of hydrogen-bond acceptors (Lipinski definition) is 5. The molecule has 136 valence electrons. The number of primary sulfonamides is 1. The number of benzene rings is 2. The molecule has 0 aliphatic carbocycles. The van der Waals surface area contributed by atoms with E-state index in [1.54, 1.807) is 35.6 Å². The van der Waals surface area contributed by atoms with E-state index >= 15 is 0 Å². The Morgan fingerprint density at radius 2 is 1.85 bits per heavy atom. The van der Waals surface area contributed by atoms with Gasteiger partial charge in [0.05, 0.1) is 4.90 Å². The molecular weight excluding hydrogens is 366 g/mol. The van der Waals surface area contributed by atoms with E-state index in [9.17, 15) is 8.42 Å². The molecule has 3 N–H and O–H groups in total. The van der Waals surface area contributed by atoms with Crippen molar-refractivity contribution in [2.45, 2.75) is 24.8 Å². The molecule has 0 saturated heterocycles. The van der Waals surface area contributed by atoms with Crippen LogP contribution in [0.15, 0.2) is 59.6 Å². The van der Waals surface area contributed by atoms with E-state index in [1.807, 2.05) is 18.3 Å². The maximum atomic E-state index is 11.2. The number of hydrogen-bond donors (Lipinski definition) is 2. The lowest BCUT2D eigenvalue weighted by Crippen LogP contribution is -2.16. The normalized spacial score (nSPS) is 11.6. The lowest BCUT2D eigenvalue weighted by atomic mass is 10.1. The molecule has 26 heavy (non-hydrogen) atoms. The van der Waals surface area contributed by atoms with Gasteiger partial charge in [0.1, 0.15) is 5.01 Å². The van der Waals surface area contributed by atoms with Gasteiger partial charge in [-0.15, -0.1) is 11.3 Å². The minimum Gasteiger partial charge on any atom is -0.311 e. The van der Waals surface area contributed by atoms with Crippen LogP contribution in [0.2, 0.25) is 0 Å². The average Bonchev–Trinajstić information content (AvgIpc) is 3.07. The zero-order valence-corrected chi connectivity index (χ0v) is 16.1. The molecule has 1 heterocycles. The maximum Gasteiger partial charge on any atom is 0.238 e. The largest absolute Gasteiger partial charge is 0.311 e. The van der Waals surface area contributed by atoms with E-state index in [2.05, 4.69) is 29.4 Å². The highest BCUT2D eigenvalue weighted by Gasteiger charge is 2.08. The van der Waals surface area contributed by atoms with Crippen molar-refractivity contribution in [1.29, 1.82) is 0 Å². The van der Waals surface area contributed by atoms with Crippen molar-refractivity contribution in [3.05, 3.63) is 70.7 Å². The first-order chi connectivity index (χ1) is 12.4. The van der Waals surface area contributed by atoms with Crippen LogP contribution < -0.4 is 10.5 Å². The molecule has 0 fully saturated rings. The van der Waals surface area contributed by atoms with Crippen molar-refractivity contribution in [3.63, 3.8) is 0 Å². The zero-order chi connectivity index (χ0) is 18.6. The summed E-state index contributed by atoms with van der Waals surface area (Å²) in [5, 5.41) is 9.54. The number of sulfonamides is 1. The monoisotopic (exact) mass is 387 g/mol. The number of nitrogens with one attached hydrogen (secondary N) is 1. The molecule has 0 radical (unpaired) electrons. The van der Waals surface area contributed by atoms with E-state index < -0.39 is 10.0 Å². The number of aryl methyl sites for hydroxylation is 1. The average molecular weight is 388 g/mol. The van der Waals surface area contributed by atoms with Gasteiger partial charge in [-0.05, 0) is 43.1 Å². The van der Waals surface area contributed by atoms with Gasteiger partial charge in [-0.25, -0.2) is 18.5 Å². The molecule has 0 aliphatic rings. The molecule has 1 aromatic heterocycles. The number of nitrogens with two attached hydrogens (primary N) is 1. The SMILES string of the molecule is Cc1ccccc1-c1ncc(CNCCc2ccc(S(N)(=O)=O)cc2)s1. The van der Waals surface area contributed by atoms with Gasteiger partial charge in [-0.1, -0.05) is 36.4 Å². The number of aromatic nitrogens is 1. The molecule has 0 atom stereocenters. The highest BCUT2D eigenvalue weighted by atomic mass is 32.2. The Bertz CT molecular complexity index is 980. The summed E-state index contributed by atoms with van der Waals surface area (Å²) >= 11 is 1.70. The first kappa shape index (κ1) is 18.7. The Kier molecular flexibility index (Phi) is 5.83. The topological polar surface area (TPSA) is 85.1 Å². The molecule has 0 aliphatic heterocycles. The van der Waals surface area contributed by atoms with Crippen LogP contribution in [-0.2, 0) is 23.0 Å². The zero-order valence-electron chi connectivity index (χ0n) is 14.5. The first-order valence-electron chi connectivity index (χ1n) is 8.26. The molecule has 0 unspecified atom stereocenters. The quantitative estimate of drug-likeness (QED) is 0.610. The van der Waals surface area contributed by atoms with Gasteiger partial charge in [0.2, 0.25) is 10.0 Å². The molecule has 2 aromatic carbocycles. The maximum absolute atomic E-state index is 11.2. The van der Waals surface area contributed by atoms with Crippen molar-refractivity contribution in [2.24, 2.45) is 5.14 Å². The second-order valence-electron chi connectivity index (χ2n) is 6.06. The standard InChI is InChI=1S/C19H21N3O2S2/c1-14-4-2-3-5-18(14)19-22-13-16(25-19)12-21-11-10-15-6-8-17(9-7-15)26(20,23)24/h2-9,13,21H,10-12H2,1H3,(H2,20,23,24). The van der Waals surface area contributed by atoms with Crippen LogP contribution in [0.1, 0.15) is 16.0 Å². The Morgan fingerprint density at radius 1 is 1.12 bits per heavy atom. The van der Waals surface area contributed by atoms with E-state index in [-0.39, 0.29) is 4.90 Å². The predicted molar refractivity (Wildman–Crippen MR) is 106 cm³/mol. The summed E-state index contributed by atoms with van der Waals surface area (Å²) < 4.78 is 22.5. The third kappa shape index (κ3) is 4.76. The van der Waals surface area contributed by atoms with Crippen molar-refractivity contribution in [3.8, 4) is 10.6 Å². The molecule has 0 bridgehead atoms.